The molecule has 52 heavy (non-hydrogen) atoms. The molecule has 0 aliphatic carbocycles. The third-order valence-corrected chi connectivity index (χ3v) is 10.4. The quantitative estimate of drug-likeness (QED) is 0.176. The van der Waals surface area contributed by atoms with Crippen LogP contribution < -0.4 is 0 Å². The van der Waals surface area contributed by atoms with Gasteiger partial charge in [-0.25, -0.2) is 9.97 Å². The summed E-state index contributed by atoms with van der Waals surface area (Å²) in [5.41, 5.74) is 11.3. The Morgan fingerprint density at radius 2 is 1.13 bits per heavy atom. The van der Waals surface area contributed by atoms with Crippen molar-refractivity contribution in [3.63, 3.8) is 0 Å². The van der Waals surface area contributed by atoms with Crippen molar-refractivity contribution in [3.8, 4) is 39.5 Å². The molecule has 0 atom stereocenters. The molecule has 11 aromatic rings. The van der Waals surface area contributed by atoms with Crippen LogP contribution in [-0.4, -0.2) is 14.5 Å². The Morgan fingerprint density at radius 1 is 0.423 bits per heavy atom. The van der Waals surface area contributed by atoms with Crippen LogP contribution in [0.15, 0.2) is 180 Å². The molecule has 4 heteroatoms. The number of rotatable bonds is 4. The van der Waals surface area contributed by atoms with E-state index in [4.69, 9.17) is 14.4 Å². The second-order valence-electron chi connectivity index (χ2n) is 13.4. The maximum atomic E-state index is 6.50. The lowest BCUT2D eigenvalue weighted by atomic mass is 9.98. The van der Waals surface area contributed by atoms with Crippen molar-refractivity contribution in [2.24, 2.45) is 0 Å². The molecule has 0 aliphatic rings. The summed E-state index contributed by atoms with van der Waals surface area (Å²) < 4.78 is 8.85. The smallest absolute Gasteiger partial charge is 0.161 e. The van der Waals surface area contributed by atoms with E-state index in [1.165, 1.54) is 21.8 Å². The van der Waals surface area contributed by atoms with Gasteiger partial charge in [0.25, 0.3) is 0 Å². The normalized spacial score (nSPS) is 11.8. The summed E-state index contributed by atoms with van der Waals surface area (Å²) in [6, 6.07) is 61.9. The minimum Gasteiger partial charge on any atom is -0.456 e. The van der Waals surface area contributed by atoms with Crippen LogP contribution in [0.5, 0.6) is 0 Å². The summed E-state index contributed by atoms with van der Waals surface area (Å²) >= 11 is 0. The van der Waals surface area contributed by atoms with Crippen LogP contribution in [0.25, 0.3) is 105 Å². The summed E-state index contributed by atoms with van der Waals surface area (Å²) in [5, 5.41) is 7.80. The Labute approximate surface area is 298 Å². The van der Waals surface area contributed by atoms with Crippen LogP contribution in [-0.2, 0) is 0 Å². The van der Waals surface area contributed by atoms with Gasteiger partial charge in [0.05, 0.1) is 22.2 Å². The van der Waals surface area contributed by atoms with E-state index in [1.54, 1.807) is 0 Å². The van der Waals surface area contributed by atoms with E-state index in [9.17, 15) is 0 Å². The molecule has 0 saturated heterocycles. The van der Waals surface area contributed by atoms with E-state index >= 15 is 0 Å². The molecule has 0 saturated carbocycles. The Bertz CT molecular complexity index is 3180. The lowest BCUT2D eigenvalue weighted by Gasteiger charge is -2.12. The Morgan fingerprint density at radius 3 is 2.00 bits per heavy atom. The molecule has 3 heterocycles. The van der Waals surface area contributed by atoms with Gasteiger partial charge < -0.3 is 8.98 Å². The van der Waals surface area contributed by atoms with Crippen LogP contribution in [0.4, 0.5) is 0 Å². The van der Waals surface area contributed by atoms with Gasteiger partial charge in [0.1, 0.15) is 11.2 Å². The first-order valence-electron chi connectivity index (χ1n) is 17.6. The van der Waals surface area contributed by atoms with Crippen LogP contribution >= 0.6 is 0 Å². The van der Waals surface area contributed by atoms with E-state index in [-0.39, 0.29) is 0 Å². The molecule has 0 spiro atoms. The fourth-order valence-corrected chi connectivity index (χ4v) is 8.00. The average Bonchev–Trinajstić information content (AvgIpc) is 3.76. The van der Waals surface area contributed by atoms with Gasteiger partial charge in [-0.15, -0.1) is 0 Å². The molecular weight excluding hydrogens is 635 g/mol. The number of benzene rings is 8. The molecule has 0 bridgehead atoms. The molecule has 3 aromatic heterocycles. The molecule has 4 nitrogen and oxygen atoms in total. The zero-order chi connectivity index (χ0) is 34.2. The zero-order valence-corrected chi connectivity index (χ0v) is 28.0. The monoisotopic (exact) mass is 663 g/mol. The van der Waals surface area contributed by atoms with Crippen molar-refractivity contribution in [3.05, 3.63) is 176 Å². The van der Waals surface area contributed by atoms with Gasteiger partial charge in [-0.05, 0) is 71.1 Å². The highest BCUT2D eigenvalue weighted by atomic mass is 16.3. The van der Waals surface area contributed by atoms with Crippen molar-refractivity contribution in [2.45, 2.75) is 0 Å². The molecule has 0 fully saturated rings. The van der Waals surface area contributed by atoms with E-state index < -0.39 is 0 Å². The third-order valence-electron chi connectivity index (χ3n) is 10.4. The zero-order valence-electron chi connectivity index (χ0n) is 28.0. The van der Waals surface area contributed by atoms with Crippen molar-refractivity contribution in [1.82, 2.24) is 14.5 Å². The van der Waals surface area contributed by atoms with Crippen LogP contribution in [0, 0.1) is 0 Å². The molecule has 0 unspecified atom stereocenters. The van der Waals surface area contributed by atoms with E-state index in [0.717, 1.165) is 77.2 Å². The number of nitrogens with zero attached hydrogens (tertiary/aromatic N) is 3. The van der Waals surface area contributed by atoms with Crippen molar-refractivity contribution in [2.75, 3.05) is 0 Å². The number of para-hydroxylation sites is 2. The van der Waals surface area contributed by atoms with Crippen LogP contribution in [0.3, 0.4) is 0 Å². The molecule has 0 N–H and O–H groups in total. The second kappa shape index (κ2) is 11.2. The SMILES string of the molecule is c1ccc(-c2nc(-c3cccc4oc5ccc(-c6ccc7c(c6)c6ccccc6n7-c6ccccc6)cc5c34)nc3c2ccc2ccccc23)cc1. The predicted octanol–water partition coefficient (Wildman–Crippen LogP) is 12.8. The highest BCUT2D eigenvalue weighted by Gasteiger charge is 2.19. The first kappa shape index (κ1) is 28.8. The van der Waals surface area contributed by atoms with E-state index in [0.29, 0.717) is 5.82 Å². The van der Waals surface area contributed by atoms with Crippen molar-refractivity contribution in [1.29, 1.82) is 0 Å². The number of fused-ring (bicyclic) bond motifs is 9. The van der Waals surface area contributed by atoms with Gasteiger partial charge >= 0.3 is 0 Å². The van der Waals surface area contributed by atoms with E-state index in [2.05, 4.69) is 162 Å². The standard InChI is InChI=1S/C48H29N3O/c1-3-13-31(14-4-1)46-38-25-22-30-12-7-8-17-35(30)47(38)50-48(49-46)37-19-11-21-44-45(37)40-29-33(24-27-43(40)52-44)32-23-26-42-39(28-32)36-18-9-10-20-41(36)51(42)34-15-5-2-6-16-34/h1-29H. The van der Waals surface area contributed by atoms with Gasteiger partial charge in [0.15, 0.2) is 5.82 Å². The maximum absolute atomic E-state index is 6.50. The number of hydrogen-bond donors (Lipinski definition) is 0. The lowest BCUT2D eigenvalue weighted by molar-refractivity contribution is 0.669. The van der Waals surface area contributed by atoms with Crippen LogP contribution in [0.2, 0.25) is 0 Å². The largest absolute Gasteiger partial charge is 0.456 e. The van der Waals surface area contributed by atoms with Gasteiger partial charge in [-0.1, -0.05) is 121 Å². The molecular formula is C48H29N3O. The molecule has 8 aromatic carbocycles. The van der Waals surface area contributed by atoms with Crippen molar-refractivity contribution >= 4 is 65.4 Å². The summed E-state index contributed by atoms with van der Waals surface area (Å²) in [5.74, 6) is 0.677. The fraction of sp³-hybridized carbons (Fsp3) is 0. The molecule has 0 radical (unpaired) electrons. The van der Waals surface area contributed by atoms with E-state index in [1.807, 2.05) is 18.2 Å². The minimum absolute atomic E-state index is 0.677. The Balaban J connectivity index is 1.13. The van der Waals surface area contributed by atoms with Gasteiger partial charge in [-0.2, -0.15) is 0 Å². The van der Waals surface area contributed by atoms with Crippen LogP contribution in [0.1, 0.15) is 0 Å². The summed E-state index contributed by atoms with van der Waals surface area (Å²) in [6.07, 6.45) is 0. The van der Waals surface area contributed by atoms with Gasteiger partial charge in [0, 0.05) is 49.1 Å². The molecule has 0 aliphatic heterocycles. The average molecular weight is 664 g/mol. The molecule has 0 amide bonds. The number of furan rings is 1. The first-order valence-corrected chi connectivity index (χ1v) is 17.6. The molecule has 242 valence electrons. The molecule has 11 rings (SSSR count). The number of aromatic nitrogens is 3. The fourth-order valence-electron chi connectivity index (χ4n) is 8.00. The summed E-state index contributed by atoms with van der Waals surface area (Å²) in [6.45, 7) is 0. The summed E-state index contributed by atoms with van der Waals surface area (Å²) in [7, 11) is 0. The summed E-state index contributed by atoms with van der Waals surface area (Å²) in [4.78, 5) is 10.6. The minimum atomic E-state index is 0.677. The Kier molecular flexibility index (Phi) is 6.22. The number of hydrogen-bond acceptors (Lipinski definition) is 3. The first-order chi connectivity index (χ1) is 25.8. The highest BCUT2D eigenvalue weighted by molar-refractivity contribution is 6.15. The second-order valence-corrected chi connectivity index (χ2v) is 13.4. The topological polar surface area (TPSA) is 43.9 Å². The Hall–Kier alpha value is -7.04. The maximum Gasteiger partial charge on any atom is 0.161 e. The predicted molar refractivity (Wildman–Crippen MR) is 215 cm³/mol. The van der Waals surface area contributed by atoms with Gasteiger partial charge in [-0.3, -0.25) is 0 Å². The third kappa shape index (κ3) is 4.34. The lowest BCUT2D eigenvalue weighted by Crippen LogP contribution is -1.96. The highest BCUT2D eigenvalue weighted by Crippen LogP contribution is 2.41. The van der Waals surface area contributed by atoms with Crippen molar-refractivity contribution < 1.29 is 4.42 Å². The van der Waals surface area contributed by atoms with Gasteiger partial charge in [0.2, 0.25) is 0 Å².